The van der Waals surface area contributed by atoms with Gasteiger partial charge < -0.3 is 4.90 Å². The number of sulfone groups is 1. The topological polar surface area (TPSA) is 95.1 Å². The number of nitrogens with zero attached hydrogens (tertiary/aromatic N) is 5. The molecule has 3 aromatic rings. The molecule has 2 aromatic heterocycles. The lowest BCUT2D eigenvalue weighted by Gasteiger charge is -2.39. The average molecular weight is 445 g/mol. The highest BCUT2D eigenvalue weighted by Gasteiger charge is 2.28. The van der Waals surface area contributed by atoms with Gasteiger partial charge in [0.25, 0.3) is 0 Å². The van der Waals surface area contributed by atoms with Crippen molar-refractivity contribution in [3.8, 4) is 11.3 Å². The van der Waals surface area contributed by atoms with Gasteiger partial charge in [-0.05, 0) is 30.7 Å². The van der Waals surface area contributed by atoms with Crippen LogP contribution in [0.4, 0.5) is 10.2 Å². The summed E-state index contributed by atoms with van der Waals surface area (Å²) in [6.07, 6.45) is 8.67. The molecule has 1 fully saturated rings. The number of anilines is 1. The van der Waals surface area contributed by atoms with Crippen LogP contribution in [-0.4, -0.2) is 71.7 Å². The molecule has 0 spiro atoms. The third-order valence-corrected chi connectivity index (χ3v) is 6.49. The number of aromatic amines is 1. The Morgan fingerprint density at radius 1 is 1.10 bits per heavy atom. The number of piperazine rings is 1. The van der Waals surface area contributed by atoms with E-state index < -0.39 is 9.84 Å². The van der Waals surface area contributed by atoms with E-state index in [2.05, 4.69) is 30.0 Å². The van der Waals surface area contributed by atoms with Gasteiger partial charge in [0.15, 0.2) is 5.82 Å². The summed E-state index contributed by atoms with van der Waals surface area (Å²) in [4.78, 5) is 13.5. The molecule has 1 aromatic carbocycles. The second kappa shape index (κ2) is 9.11. The largest absolute Gasteiger partial charge is 0.352 e. The Balaban J connectivity index is 1.50. The summed E-state index contributed by atoms with van der Waals surface area (Å²) in [5, 5.41) is 6.87. The maximum atomic E-state index is 13.3. The van der Waals surface area contributed by atoms with Crippen LogP contribution in [-0.2, 0) is 9.84 Å². The maximum absolute atomic E-state index is 13.3. The SMILES string of the molecule is CS(=O)(=O)CCC(c1cn[nH]c1)N1CCN(c2nccnc2-c2ccc(F)cc2)CC1. The molecule has 1 aliphatic heterocycles. The van der Waals surface area contributed by atoms with E-state index in [-0.39, 0.29) is 17.6 Å². The number of aromatic nitrogens is 4. The van der Waals surface area contributed by atoms with Crippen molar-refractivity contribution < 1.29 is 12.8 Å². The first-order valence-corrected chi connectivity index (χ1v) is 12.2. The first-order chi connectivity index (χ1) is 14.9. The molecule has 0 radical (unpaired) electrons. The van der Waals surface area contributed by atoms with Gasteiger partial charge in [-0.15, -0.1) is 0 Å². The molecule has 8 nitrogen and oxygen atoms in total. The van der Waals surface area contributed by atoms with E-state index in [1.54, 1.807) is 30.7 Å². The van der Waals surface area contributed by atoms with Crippen molar-refractivity contribution >= 4 is 15.7 Å². The van der Waals surface area contributed by atoms with Crippen molar-refractivity contribution in [1.29, 1.82) is 0 Å². The van der Waals surface area contributed by atoms with Crippen LogP contribution in [0.2, 0.25) is 0 Å². The van der Waals surface area contributed by atoms with E-state index in [1.807, 2.05) is 6.20 Å². The predicted molar refractivity (Wildman–Crippen MR) is 117 cm³/mol. The van der Waals surface area contributed by atoms with Crippen molar-refractivity contribution in [2.24, 2.45) is 0 Å². The molecule has 0 amide bonds. The molecule has 0 aliphatic carbocycles. The molecule has 1 atom stereocenters. The van der Waals surface area contributed by atoms with Crippen LogP contribution in [0.3, 0.4) is 0 Å². The third kappa shape index (κ3) is 5.26. The summed E-state index contributed by atoms with van der Waals surface area (Å²) in [7, 11) is -3.05. The molecular weight excluding hydrogens is 419 g/mol. The fourth-order valence-electron chi connectivity index (χ4n) is 3.95. The normalized spacial score (nSPS) is 16.4. The van der Waals surface area contributed by atoms with Gasteiger partial charge in [0, 0.05) is 68.2 Å². The van der Waals surface area contributed by atoms with E-state index in [0.29, 0.717) is 6.42 Å². The van der Waals surface area contributed by atoms with Gasteiger partial charge in [-0.3, -0.25) is 15.0 Å². The van der Waals surface area contributed by atoms with E-state index in [4.69, 9.17) is 0 Å². The quantitative estimate of drug-likeness (QED) is 0.597. The van der Waals surface area contributed by atoms with Gasteiger partial charge in [0.05, 0.1) is 11.9 Å². The van der Waals surface area contributed by atoms with Crippen molar-refractivity contribution in [3.05, 3.63) is 60.4 Å². The lowest BCUT2D eigenvalue weighted by atomic mass is 10.1. The fourth-order valence-corrected chi connectivity index (χ4v) is 4.60. The highest BCUT2D eigenvalue weighted by atomic mass is 32.2. The molecule has 1 unspecified atom stereocenters. The molecular formula is C21H25FN6O2S. The second-order valence-corrected chi connectivity index (χ2v) is 9.98. The summed E-state index contributed by atoms with van der Waals surface area (Å²) in [6.45, 7) is 2.94. The van der Waals surface area contributed by atoms with Gasteiger partial charge in [-0.2, -0.15) is 5.10 Å². The Bertz CT molecular complexity index is 1100. The smallest absolute Gasteiger partial charge is 0.155 e. The first-order valence-electron chi connectivity index (χ1n) is 10.1. The number of nitrogens with one attached hydrogen (secondary N) is 1. The summed E-state index contributed by atoms with van der Waals surface area (Å²) >= 11 is 0. The molecule has 10 heteroatoms. The van der Waals surface area contributed by atoms with Gasteiger partial charge >= 0.3 is 0 Å². The number of rotatable bonds is 7. The maximum Gasteiger partial charge on any atom is 0.155 e. The third-order valence-electron chi connectivity index (χ3n) is 5.52. The number of halogens is 1. The number of hydrogen-bond donors (Lipinski definition) is 1. The molecule has 0 saturated carbocycles. The average Bonchev–Trinajstić information content (AvgIpc) is 3.29. The highest BCUT2D eigenvalue weighted by Crippen LogP contribution is 2.30. The number of hydrogen-bond acceptors (Lipinski definition) is 7. The molecule has 1 aliphatic rings. The van der Waals surface area contributed by atoms with Crippen LogP contribution in [0, 0.1) is 5.82 Å². The van der Waals surface area contributed by atoms with E-state index in [1.165, 1.54) is 18.4 Å². The lowest BCUT2D eigenvalue weighted by Crippen LogP contribution is -2.48. The minimum atomic E-state index is -3.05. The molecule has 164 valence electrons. The zero-order chi connectivity index (χ0) is 21.8. The molecule has 0 bridgehead atoms. The van der Waals surface area contributed by atoms with Gasteiger partial charge in [0.1, 0.15) is 21.3 Å². The van der Waals surface area contributed by atoms with Crippen LogP contribution in [0.5, 0.6) is 0 Å². The van der Waals surface area contributed by atoms with Crippen molar-refractivity contribution in [2.45, 2.75) is 12.5 Å². The minimum absolute atomic E-state index is 0.0194. The van der Waals surface area contributed by atoms with Gasteiger partial charge in [-0.25, -0.2) is 17.8 Å². The molecule has 31 heavy (non-hydrogen) atoms. The van der Waals surface area contributed by atoms with Crippen LogP contribution in [0.1, 0.15) is 18.0 Å². The summed E-state index contributed by atoms with van der Waals surface area (Å²) in [5.41, 5.74) is 2.53. The van der Waals surface area contributed by atoms with Gasteiger partial charge in [-0.1, -0.05) is 0 Å². The molecule has 3 heterocycles. The summed E-state index contributed by atoms with van der Waals surface area (Å²) in [5.74, 6) is 0.606. The van der Waals surface area contributed by atoms with E-state index in [0.717, 1.165) is 48.8 Å². The van der Waals surface area contributed by atoms with Crippen molar-refractivity contribution in [1.82, 2.24) is 25.1 Å². The zero-order valence-electron chi connectivity index (χ0n) is 17.3. The van der Waals surface area contributed by atoms with Crippen molar-refractivity contribution in [3.63, 3.8) is 0 Å². The number of H-pyrrole nitrogens is 1. The second-order valence-electron chi connectivity index (χ2n) is 7.72. The Morgan fingerprint density at radius 3 is 2.45 bits per heavy atom. The first kappa shape index (κ1) is 21.4. The van der Waals surface area contributed by atoms with Crippen LogP contribution < -0.4 is 4.90 Å². The fraction of sp³-hybridized carbons (Fsp3) is 0.381. The molecule has 1 N–H and O–H groups in total. The van der Waals surface area contributed by atoms with Crippen LogP contribution >= 0.6 is 0 Å². The van der Waals surface area contributed by atoms with Crippen LogP contribution in [0.25, 0.3) is 11.3 Å². The van der Waals surface area contributed by atoms with Gasteiger partial charge in [0.2, 0.25) is 0 Å². The highest BCUT2D eigenvalue weighted by molar-refractivity contribution is 7.90. The Labute approximate surface area is 181 Å². The monoisotopic (exact) mass is 444 g/mol. The van der Waals surface area contributed by atoms with E-state index >= 15 is 0 Å². The number of benzene rings is 1. The summed E-state index contributed by atoms with van der Waals surface area (Å²) < 4.78 is 36.8. The molecule has 4 rings (SSSR count). The lowest BCUT2D eigenvalue weighted by molar-refractivity contribution is 0.181. The van der Waals surface area contributed by atoms with E-state index in [9.17, 15) is 12.8 Å². The predicted octanol–water partition coefficient (Wildman–Crippen LogP) is 2.30. The summed E-state index contributed by atoms with van der Waals surface area (Å²) in [6, 6.07) is 6.24. The standard InChI is InChI=1S/C21H25FN6O2S/c1-31(29,30)13-6-19(17-14-25-26-15-17)27-9-11-28(12-10-27)21-20(23-7-8-24-21)16-2-4-18(22)5-3-16/h2-5,7-8,14-15,19H,6,9-13H2,1H3,(H,25,26). The minimum Gasteiger partial charge on any atom is -0.352 e. The molecule has 1 saturated heterocycles. The van der Waals surface area contributed by atoms with Crippen LogP contribution in [0.15, 0.2) is 49.1 Å². The Morgan fingerprint density at radius 2 is 1.81 bits per heavy atom. The Hall–Kier alpha value is -2.85. The Kier molecular flexibility index (Phi) is 6.28. The van der Waals surface area contributed by atoms with Crippen molar-refractivity contribution in [2.75, 3.05) is 43.1 Å². The zero-order valence-corrected chi connectivity index (χ0v) is 18.1.